The van der Waals surface area contributed by atoms with Gasteiger partial charge in [-0.05, 0) is 26.0 Å². The van der Waals surface area contributed by atoms with Gasteiger partial charge in [-0.2, -0.15) is 4.98 Å². The predicted molar refractivity (Wildman–Crippen MR) is 77.5 cm³/mol. The minimum Gasteiger partial charge on any atom is -0.451 e. The van der Waals surface area contributed by atoms with E-state index in [0.717, 1.165) is 11.0 Å². The van der Waals surface area contributed by atoms with Gasteiger partial charge in [-0.3, -0.25) is 0 Å². The van der Waals surface area contributed by atoms with Crippen molar-refractivity contribution >= 4 is 11.0 Å². The molecule has 0 spiro atoms. The lowest BCUT2D eigenvalue weighted by Crippen LogP contribution is -2.20. The van der Waals surface area contributed by atoms with Gasteiger partial charge in [0, 0.05) is 5.39 Å². The first kappa shape index (κ1) is 13.8. The van der Waals surface area contributed by atoms with E-state index in [1.54, 1.807) is 0 Å². The number of aromatic nitrogens is 2. The first-order valence-electron chi connectivity index (χ1n) is 6.83. The summed E-state index contributed by atoms with van der Waals surface area (Å²) in [6.07, 6.45) is 0.109. The number of nitrogens with zero attached hydrogens (tertiary/aromatic N) is 2. The van der Waals surface area contributed by atoms with Crippen LogP contribution in [0, 0.1) is 0 Å². The van der Waals surface area contributed by atoms with Crippen LogP contribution in [0.4, 0.5) is 0 Å². The van der Waals surface area contributed by atoms with Crippen molar-refractivity contribution in [1.82, 2.24) is 10.1 Å². The van der Waals surface area contributed by atoms with Gasteiger partial charge in [-0.25, -0.2) is 0 Å². The SMILES string of the molecule is CC(C)OCC(N)c1noc(-c2cc3ccccc3o2)n1. The summed E-state index contributed by atoms with van der Waals surface area (Å²) >= 11 is 0. The van der Waals surface area contributed by atoms with E-state index in [1.165, 1.54) is 0 Å². The third-order valence-electron chi connectivity index (χ3n) is 3.02. The number of fused-ring (bicyclic) bond motifs is 1. The second-order valence-corrected chi connectivity index (χ2v) is 5.09. The van der Waals surface area contributed by atoms with Crippen LogP contribution in [0.3, 0.4) is 0 Å². The highest BCUT2D eigenvalue weighted by molar-refractivity contribution is 5.81. The highest BCUT2D eigenvalue weighted by Gasteiger charge is 2.18. The molecule has 0 aliphatic rings. The van der Waals surface area contributed by atoms with Gasteiger partial charge in [0.05, 0.1) is 18.8 Å². The quantitative estimate of drug-likeness (QED) is 0.776. The standard InChI is InChI=1S/C15H17N3O3/c1-9(2)19-8-11(16)14-17-15(21-18-14)13-7-10-5-3-4-6-12(10)20-13/h3-7,9,11H,8,16H2,1-2H3. The molecule has 0 amide bonds. The Kier molecular flexibility index (Phi) is 3.72. The van der Waals surface area contributed by atoms with Gasteiger partial charge in [0.1, 0.15) is 5.58 Å². The molecule has 0 aliphatic heterocycles. The summed E-state index contributed by atoms with van der Waals surface area (Å²) in [6.45, 7) is 4.24. The molecule has 0 radical (unpaired) electrons. The number of nitrogens with two attached hydrogens (primary N) is 1. The minimum absolute atomic E-state index is 0.109. The van der Waals surface area contributed by atoms with Crippen molar-refractivity contribution in [2.75, 3.05) is 6.61 Å². The Hall–Kier alpha value is -2.18. The van der Waals surface area contributed by atoms with Crippen molar-refractivity contribution in [2.45, 2.75) is 26.0 Å². The molecule has 1 atom stereocenters. The summed E-state index contributed by atoms with van der Waals surface area (Å²) < 4.78 is 16.3. The van der Waals surface area contributed by atoms with Crippen LogP contribution in [-0.2, 0) is 4.74 Å². The van der Waals surface area contributed by atoms with Gasteiger partial charge < -0.3 is 19.4 Å². The van der Waals surface area contributed by atoms with Crippen LogP contribution in [0.2, 0.25) is 0 Å². The van der Waals surface area contributed by atoms with E-state index in [2.05, 4.69) is 10.1 Å². The van der Waals surface area contributed by atoms with E-state index in [9.17, 15) is 0 Å². The van der Waals surface area contributed by atoms with Crippen molar-refractivity contribution in [3.05, 3.63) is 36.2 Å². The maximum absolute atomic E-state index is 5.97. The molecule has 0 saturated heterocycles. The molecule has 110 valence electrons. The Labute approximate surface area is 121 Å². The molecule has 0 saturated carbocycles. The summed E-state index contributed by atoms with van der Waals surface area (Å²) in [5.41, 5.74) is 6.75. The van der Waals surface area contributed by atoms with E-state index >= 15 is 0 Å². The first-order chi connectivity index (χ1) is 10.1. The number of hydrogen-bond donors (Lipinski definition) is 1. The molecule has 2 heterocycles. The molecular formula is C15H17N3O3. The van der Waals surface area contributed by atoms with Crippen molar-refractivity contribution in [3.63, 3.8) is 0 Å². The largest absolute Gasteiger partial charge is 0.451 e. The molecular weight excluding hydrogens is 270 g/mol. The second kappa shape index (κ2) is 5.67. The van der Waals surface area contributed by atoms with Crippen LogP contribution in [0.15, 0.2) is 39.3 Å². The Morgan fingerprint density at radius 3 is 2.86 bits per heavy atom. The highest BCUT2D eigenvalue weighted by atomic mass is 16.5. The van der Waals surface area contributed by atoms with Gasteiger partial charge in [0.15, 0.2) is 11.6 Å². The van der Waals surface area contributed by atoms with Crippen molar-refractivity contribution in [3.8, 4) is 11.7 Å². The summed E-state index contributed by atoms with van der Waals surface area (Å²) in [5, 5.41) is 4.88. The Balaban J connectivity index is 1.80. The predicted octanol–water partition coefficient (Wildman–Crippen LogP) is 2.91. The van der Waals surface area contributed by atoms with Crippen molar-refractivity contribution < 1.29 is 13.7 Å². The van der Waals surface area contributed by atoms with Gasteiger partial charge >= 0.3 is 0 Å². The normalized spacial score (nSPS) is 13.1. The first-order valence-corrected chi connectivity index (χ1v) is 6.83. The third kappa shape index (κ3) is 2.96. The van der Waals surface area contributed by atoms with Gasteiger partial charge in [0.2, 0.25) is 0 Å². The van der Waals surface area contributed by atoms with Gasteiger partial charge in [0.25, 0.3) is 5.89 Å². The minimum atomic E-state index is -0.422. The maximum atomic E-state index is 5.97. The lowest BCUT2D eigenvalue weighted by atomic mass is 10.2. The molecule has 21 heavy (non-hydrogen) atoms. The maximum Gasteiger partial charge on any atom is 0.293 e. The number of hydrogen-bond acceptors (Lipinski definition) is 6. The zero-order valence-electron chi connectivity index (χ0n) is 11.9. The smallest absolute Gasteiger partial charge is 0.293 e. The Bertz CT molecular complexity index is 699. The summed E-state index contributed by atoms with van der Waals surface area (Å²) in [6, 6.07) is 9.14. The van der Waals surface area contributed by atoms with Crippen LogP contribution >= 0.6 is 0 Å². The monoisotopic (exact) mass is 287 g/mol. The average molecular weight is 287 g/mol. The van der Waals surface area contributed by atoms with Crippen LogP contribution in [0.25, 0.3) is 22.6 Å². The van der Waals surface area contributed by atoms with Gasteiger partial charge in [-0.1, -0.05) is 23.4 Å². The Morgan fingerprint density at radius 1 is 1.29 bits per heavy atom. The van der Waals surface area contributed by atoms with E-state index in [0.29, 0.717) is 24.1 Å². The number of ether oxygens (including phenoxy) is 1. The fraction of sp³-hybridized carbons (Fsp3) is 0.333. The topological polar surface area (TPSA) is 87.3 Å². The molecule has 0 aliphatic carbocycles. The zero-order valence-corrected chi connectivity index (χ0v) is 11.9. The molecule has 1 aromatic carbocycles. The molecule has 1 unspecified atom stereocenters. The van der Waals surface area contributed by atoms with Crippen LogP contribution in [0.1, 0.15) is 25.7 Å². The molecule has 2 N–H and O–H groups in total. The fourth-order valence-corrected chi connectivity index (χ4v) is 1.94. The number of benzene rings is 1. The molecule has 3 rings (SSSR count). The molecule has 6 nitrogen and oxygen atoms in total. The lowest BCUT2D eigenvalue weighted by molar-refractivity contribution is 0.0665. The summed E-state index contributed by atoms with van der Waals surface area (Å²) in [7, 11) is 0. The van der Waals surface area contributed by atoms with E-state index in [1.807, 2.05) is 44.2 Å². The van der Waals surface area contributed by atoms with Gasteiger partial charge in [-0.15, -0.1) is 0 Å². The van der Waals surface area contributed by atoms with E-state index < -0.39 is 6.04 Å². The average Bonchev–Trinajstić information content (AvgIpc) is 3.10. The fourth-order valence-electron chi connectivity index (χ4n) is 1.94. The number of furan rings is 1. The summed E-state index contributed by atoms with van der Waals surface area (Å²) in [4.78, 5) is 4.28. The molecule has 3 aromatic rings. The van der Waals surface area contributed by atoms with Crippen LogP contribution in [-0.4, -0.2) is 22.9 Å². The highest BCUT2D eigenvalue weighted by Crippen LogP contribution is 2.26. The lowest BCUT2D eigenvalue weighted by Gasteiger charge is -2.10. The molecule has 6 heteroatoms. The molecule has 2 aromatic heterocycles. The Morgan fingerprint density at radius 2 is 2.10 bits per heavy atom. The third-order valence-corrected chi connectivity index (χ3v) is 3.02. The summed E-state index contributed by atoms with van der Waals surface area (Å²) in [5.74, 6) is 1.26. The van der Waals surface area contributed by atoms with E-state index in [4.69, 9.17) is 19.4 Å². The van der Waals surface area contributed by atoms with Crippen molar-refractivity contribution in [1.29, 1.82) is 0 Å². The zero-order chi connectivity index (χ0) is 14.8. The second-order valence-electron chi connectivity index (χ2n) is 5.09. The molecule has 0 fully saturated rings. The molecule has 0 bridgehead atoms. The van der Waals surface area contributed by atoms with Crippen molar-refractivity contribution in [2.24, 2.45) is 5.73 Å². The number of para-hydroxylation sites is 1. The number of rotatable bonds is 5. The van der Waals surface area contributed by atoms with Crippen LogP contribution in [0.5, 0.6) is 0 Å². The van der Waals surface area contributed by atoms with Crippen LogP contribution < -0.4 is 5.73 Å². The van der Waals surface area contributed by atoms with E-state index in [-0.39, 0.29) is 6.10 Å².